The van der Waals surface area contributed by atoms with Crippen molar-refractivity contribution in [2.45, 2.75) is 51.0 Å². The van der Waals surface area contributed by atoms with Crippen LogP contribution < -0.4 is 0 Å². The van der Waals surface area contributed by atoms with Crippen molar-refractivity contribution in [2.75, 3.05) is 19.6 Å². The summed E-state index contributed by atoms with van der Waals surface area (Å²) in [6.07, 6.45) is 4.47. The van der Waals surface area contributed by atoms with E-state index in [1.165, 1.54) is 0 Å². The molecule has 1 aromatic heterocycles. The van der Waals surface area contributed by atoms with E-state index in [0.29, 0.717) is 37.3 Å². The Morgan fingerprint density at radius 1 is 1.26 bits per heavy atom. The molecule has 0 aromatic carbocycles. The van der Waals surface area contributed by atoms with Crippen LogP contribution in [-0.2, 0) is 9.59 Å². The number of aromatic nitrogens is 2. The molecule has 1 aliphatic carbocycles. The van der Waals surface area contributed by atoms with Crippen molar-refractivity contribution in [2.24, 2.45) is 5.92 Å². The van der Waals surface area contributed by atoms with Crippen molar-refractivity contribution < 1.29 is 14.1 Å². The number of nitrogens with zero attached hydrogens (tertiary/aromatic N) is 4. The van der Waals surface area contributed by atoms with E-state index in [9.17, 15) is 9.59 Å². The summed E-state index contributed by atoms with van der Waals surface area (Å²) < 4.78 is 5.06. The quantitative estimate of drug-likeness (QED) is 0.833. The number of aryl methyl sites for hydroxylation is 1. The SMILES string of the molecule is Cc1nc([C@H]2CCCN(C(=O)[C@@H]3CC(=O)N(C4CC4)C3)C2)no1. The third-order valence-electron chi connectivity index (χ3n) is 5.14. The lowest BCUT2D eigenvalue weighted by Gasteiger charge is -2.33. The normalized spacial score (nSPS) is 28.5. The molecule has 1 saturated carbocycles. The first-order chi connectivity index (χ1) is 11.1. The molecule has 2 amide bonds. The highest BCUT2D eigenvalue weighted by atomic mass is 16.5. The minimum atomic E-state index is -0.172. The molecule has 0 radical (unpaired) electrons. The van der Waals surface area contributed by atoms with Crippen LogP contribution in [0.5, 0.6) is 0 Å². The van der Waals surface area contributed by atoms with Crippen molar-refractivity contribution in [3.05, 3.63) is 11.7 Å². The van der Waals surface area contributed by atoms with Crippen molar-refractivity contribution in [3.8, 4) is 0 Å². The van der Waals surface area contributed by atoms with Crippen LogP contribution in [0, 0.1) is 12.8 Å². The molecule has 3 heterocycles. The molecule has 7 heteroatoms. The molecule has 7 nitrogen and oxygen atoms in total. The monoisotopic (exact) mass is 318 g/mol. The van der Waals surface area contributed by atoms with Crippen molar-refractivity contribution in [1.29, 1.82) is 0 Å². The van der Waals surface area contributed by atoms with Crippen LogP contribution in [-0.4, -0.2) is 57.4 Å². The van der Waals surface area contributed by atoms with Crippen LogP contribution in [0.4, 0.5) is 0 Å². The van der Waals surface area contributed by atoms with Gasteiger partial charge in [-0.05, 0) is 25.7 Å². The van der Waals surface area contributed by atoms with E-state index in [0.717, 1.165) is 32.2 Å². The van der Waals surface area contributed by atoms with Gasteiger partial charge in [0.05, 0.1) is 5.92 Å². The second-order valence-electron chi connectivity index (χ2n) is 6.97. The highest BCUT2D eigenvalue weighted by Crippen LogP contribution is 2.34. The minimum Gasteiger partial charge on any atom is -0.342 e. The van der Waals surface area contributed by atoms with Gasteiger partial charge in [-0.1, -0.05) is 5.16 Å². The highest BCUT2D eigenvalue weighted by Gasteiger charge is 2.43. The van der Waals surface area contributed by atoms with Crippen LogP contribution >= 0.6 is 0 Å². The van der Waals surface area contributed by atoms with E-state index in [4.69, 9.17) is 4.52 Å². The summed E-state index contributed by atoms with van der Waals surface area (Å²) in [6.45, 7) is 3.77. The van der Waals surface area contributed by atoms with Gasteiger partial charge >= 0.3 is 0 Å². The number of hydrogen-bond donors (Lipinski definition) is 0. The van der Waals surface area contributed by atoms with Crippen LogP contribution in [0.3, 0.4) is 0 Å². The summed E-state index contributed by atoms with van der Waals surface area (Å²) >= 11 is 0. The van der Waals surface area contributed by atoms with Crippen LogP contribution in [0.2, 0.25) is 0 Å². The summed E-state index contributed by atoms with van der Waals surface area (Å²) in [5.41, 5.74) is 0. The van der Waals surface area contributed by atoms with Gasteiger partial charge in [-0.25, -0.2) is 0 Å². The summed E-state index contributed by atoms with van der Waals surface area (Å²) in [4.78, 5) is 33.0. The van der Waals surface area contributed by atoms with E-state index >= 15 is 0 Å². The lowest BCUT2D eigenvalue weighted by Crippen LogP contribution is -2.43. The second-order valence-corrected chi connectivity index (χ2v) is 6.97. The Hall–Kier alpha value is -1.92. The van der Waals surface area contributed by atoms with Gasteiger partial charge in [0.25, 0.3) is 0 Å². The lowest BCUT2D eigenvalue weighted by molar-refractivity contribution is -0.137. The van der Waals surface area contributed by atoms with Crippen LogP contribution in [0.15, 0.2) is 4.52 Å². The number of hydrogen-bond acceptors (Lipinski definition) is 5. The Kier molecular flexibility index (Phi) is 3.58. The van der Waals surface area contributed by atoms with E-state index in [2.05, 4.69) is 10.1 Å². The second kappa shape index (κ2) is 5.62. The topological polar surface area (TPSA) is 79.5 Å². The Bertz CT molecular complexity index is 625. The van der Waals surface area contributed by atoms with Gasteiger partial charge in [0.15, 0.2) is 5.82 Å². The zero-order valence-electron chi connectivity index (χ0n) is 13.4. The molecule has 0 bridgehead atoms. The molecule has 2 saturated heterocycles. The molecular weight excluding hydrogens is 296 g/mol. The molecule has 2 atom stereocenters. The predicted octanol–water partition coefficient (Wildman–Crippen LogP) is 1.09. The molecule has 3 fully saturated rings. The molecule has 0 spiro atoms. The van der Waals surface area contributed by atoms with Gasteiger partial charge in [0.1, 0.15) is 0 Å². The van der Waals surface area contributed by atoms with Crippen molar-refractivity contribution in [1.82, 2.24) is 19.9 Å². The fraction of sp³-hybridized carbons (Fsp3) is 0.750. The molecule has 23 heavy (non-hydrogen) atoms. The molecular formula is C16H22N4O3. The summed E-state index contributed by atoms with van der Waals surface area (Å²) in [5, 5.41) is 4.00. The highest BCUT2D eigenvalue weighted by molar-refractivity contribution is 5.89. The Balaban J connectivity index is 1.41. The lowest BCUT2D eigenvalue weighted by atomic mass is 9.95. The van der Waals surface area contributed by atoms with E-state index < -0.39 is 0 Å². The fourth-order valence-corrected chi connectivity index (χ4v) is 3.76. The third-order valence-corrected chi connectivity index (χ3v) is 5.14. The van der Waals surface area contributed by atoms with Gasteiger partial charge in [-0.2, -0.15) is 4.98 Å². The first kappa shape index (κ1) is 14.7. The number of amides is 2. The van der Waals surface area contributed by atoms with Crippen LogP contribution in [0.1, 0.15) is 49.7 Å². The van der Waals surface area contributed by atoms with Gasteiger partial charge in [0.2, 0.25) is 17.7 Å². The molecule has 124 valence electrons. The smallest absolute Gasteiger partial charge is 0.228 e. The van der Waals surface area contributed by atoms with Crippen LogP contribution in [0.25, 0.3) is 0 Å². The number of carbonyl (C=O) groups is 2. The molecule has 3 aliphatic rings. The summed E-state index contributed by atoms with van der Waals surface area (Å²) in [7, 11) is 0. The van der Waals surface area contributed by atoms with Gasteiger partial charge in [0, 0.05) is 44.9 Å². The van der Waals surface area contributed by atoms with E-state index in [1.807, 2.05) is 9.80 Å². The summed E-state index contributed by atoms with van der Waals surface area (Å²) in [5.74, 6) is 1.49. The summed E-state index contributed by atoms with van der Waals surface area (Å²) in [6, 6.07) is 0.400. The maximum Gasteiger partial charge on any atom is 0.228 e. The number of carbonyl (C=O) groups excluding carboxylic acids is 2. The fourth-order valence-electron chi connectivity index (χ4n) is 3.76. The number of piperidine rings is 1. The molecule has 4 rings (SSSR count). The average molecular weight is 318 g/mol. The first-order valence-electron chi connectivity index (χ1n) is 8.50. The van der Waals surface area contributed by atoms with E-state index in [-0.39, 0.29) is 23.7 Å². The Labute approximate surface area is 135 Å². The largest absolute Gasteiger partial charge is 0.342 e. The molecule has 0 N–H and O–H groups in total. The Morgan fingerprint density at radius 3 is 2.78 bits per heavy atom. The number of rotatable bonds is 3. The maximum atomic E-state index is 12.8. The van der Waals surface area contributed by atoms with Crippen molar-refractivity contribution in [3.63, 3.8) is 0 Å². The predicted molar refractivity (Wildman–Crippen MR) is 80.4 cm³/mol. The molecule has 0 unspecified atom stereocenters. The minimum absolute atomic E-state index is 0.117. The zero-order chi connectivity index (χ0) is 16.0. The average Bonchev–Trinajstić information content (AvgIpc) is 3.19. The van der Waals surface area contributed by atoms with Gasteiger partial charge < -0.3 is 14.3 Å². The van der Waals surface area contributed by atoms with Gasteiger partial charge in [-0.15, -0.1) is 0 Å². The molecule has 2 aliphatic heterocycles. The zero-order valence-corrected chi connectivity index (χ0v) is 13.4. The van der Waals surface area contributed by atoms with Crippen molar-refractivity contribution >= 4 is 11.8 Å². The number of likely N-dealkylation sites (tertiary alicyclic amines) is 2. The Morgan fingerprint density at radius 2 is 2.09 bits per heavy atom. The standard InChI is InChI=1S/C16H22N4O3/c1-10-17-15(18-23-10)11-3-2-6-19(8-11)16(22)12-7-14(21)20(9-12)13-4-5-13/h11-13H,2-9H2,1H3/t11-,12+/m0/s1. The van der Waals surface area contributed by atoms with E-state index in [1.54, 1.807) is 6.92 Å². The maximum absolute atomic E-state index is 12.8. The van der Waals surface area contributed by atoms with Gasteiger partial charge in [-0.3, -0.25) is 9.59 Å². The first-order valence-corrected chi connectivity index (χ1v) is 8.50. The molecule has 1 aromatic rings. The third kappa shape index (κ3) is 2.84.